The molecule has 3 N–H and O–H groups in total. The van der Waals surface area contributed by atoms with Crippen LogP contribution in [0.2, 0.25) is 5.02 Å². The van der Waals surface area contributed by atoms with Crippen LogP contribution < -0.4 is 5.32 Å². The fourth-order valence-electron chi connectivity index (χ4n) is 4.61. The molecule has 2 aromatic heterocycles. The summed E-state index contributed by atoms with van der Waals surface area (Å²) in [6.45, 7) is 0.900. The number of β-amino-alcohol motifs (C(OH)–C–C–N with tert-alkyl or cyclic N) is 1. The zero-order chi connectivity index (χ0) is 22.2. The molecule has 1 amide bonds. The average molecular weight is 454 g/mol. The Morgan fingerprint density at radius 1 is 1.09 bits per heavy atom. The highest BCUT2D eigenvalue weighted by Gasteiger charge is 2.35. The summed E-state index contributed by atoms with van der Waals surface area (Å²) in [7, 11) is 0. The third-order valence-electron chi connectivity index (χ3n) is 6.42. The third-order valence-corrected chi connectivity index (χ3v) is 6.75. The minimum Gasteiger partial charge on any atom is -0.389 e. The first-order chi connectivity index (χ1) is 15.5. The molecule has 2 fully saturated rings. The highest BCUT2D eigenvalue weighted by Crippen LogP contribution is 2.32. The van der Waals surface area contributed by atoms with Crippen molar-refractivity contribution in [2.45, 2.75) is 37.8 Å². The molecular formula is C23H24ClN5O3. The van der Waals surface area contributed by atoms with Gasteiger partial charge in [-0.05, 0) is 37.8 Å². The Hall–Kier alpha value is -2.97. The molecule has 32 heavy (non-hydrogen) atoms. The van der Waals surface area contributed by atoms with Crippen molar-refractivity contribution in [3.05, 3.63) is 52.9 Å². The summed E-state index contributed by atoms with van der Waals surface area (Å²) < 4.78 is 0. The standard InChI is InChI=1S/C23H24ClN5O3/c24-18-4-2-1-3-16(18)20(31)17-9-25-21-19(17)22(27-12-26-21)28-14-7-5-13(6-8-14)23(32)29-10-15(30)11-29/h1-4,9,12-15,30H,5-8,10-11H2,(H2,25,26,27,28). The molecule has 1 saturated carbocycles. The summed E-state index contributed by atoms with van der Waals surface area (Å²) in [6.07, 6.45) is 5.97. The SMILES string of the molecule is O=C(c1ccccc1Cl)c1c[nH]c2ncnc(NC3CCC(C(=O)N4CC(O)C4)CC3)c12. The Morgan fingerprint density at radius 3 is 2.56 bits per heavy atom. The Kier molecular flexibility index (Phi) is 5.57. The monoisotopic (exact) mass is 453 g/mol. The lowest BCUT2D eigenvalue weighted by Gasteiger charge is -2.39. The van der Waals surface area contributed by atoms with E-state index < -0.39 is 0 Å². The molecule has 166 valence electrons. The molecule has 9 heteroatoms. The lowest BCUT2D eigenvalue weighted by molar-refractivity contribution is -0.146. The van der Waals surface area contributed by atoms with Gasteiger partial charge in [-0.1, -0.05) is 23.7 Å². The molecular weight excluding hydrogens is 430 g/mol. The summed E-state index contributed by atoms with van der Waals surface area (Å²) in [5, 5.41) is 14.0. The van der Waals surface area contributed by atoms with Crippen molar-refractivity contribution in [3.63, 3.8) is 0 Å². The van der Waals surface area contributed by atoms with Gasteiger partial charge in [0, 0.05) is 36.8 Å². The van der Waals surface area contributed by atoms with Crippen molar-refractivity contribution in [1.29, 1.82) is 0 Å². The van der Waals surface area contributed by atoms with Crippen LogP contribution in [0.25, 0.3) is 11.0 Å². The Bertz CT molecular complexity index is 1170. The second-order valence-electron chi connectivity index (χ2n) is 8.55. The number of H-pyrrole nitrogens is 1. The number of aromatic nitrogens is 3. The normalized spacial score (nSPS) is 21.4. The number of hydrogen-bond acceptors (Lipinski definition) is 6. The van der Waals surface area contributed by atoms with Crippen LogP contribution in [0.1, 0.15) is 41.6 Å². The van der Waals surface area contributed by atoms with Gasteiger partial charge >= 0.3 is 0 Å². The number of nitrogens with one attached hydrogen (secondary N) is 2. The van der Waals surface area contributed by atoms with Crippen LogP contribution in [0.3, 0.4) is 0 Å². The number of carbonyl (C=O) groups excluding carboxylic acids is 2. The smallest absolute Gasteiger partial charge is 0.225 e. The predicted octanol–water partition coefficient (Wildman–Crippen LogP) is 3.02. The zero-order valence-electron chi connectivity index (χ0n) is 17.4. The van der Waals surface area contributed by atoms with Crippen LogP contribution >= 0.6 is 11.6 Å². The molecule has 0 spiro atoms. The van der Waals surface area contributed by atoms with Crippen LogP contribution in [0.5, 0.6) is 0 Å². The lowest BCUT2D eigenvalue weighted by atomic mass is 9.84. The van der Waals surface area contributed by atoms with Crippen molar-refractivity contribution in [3.8, 4) is 0 Å². The largest absolute Gasteiger partial charge is 0.389 e. The number of anilines is 1. The van der Waals surface area contributed by atoms with Crippen molar-refractivity contribution >= 4 is 40.1 Å². The number of carbonyl (C=O) groups is 2. The Morgan fingerprint density at radius 2 is 1.84 bits per heavy atom. The molecule has 1 aliphatic carbocycles. The first-order valence-corrected chi connectivity index (χ1v) is 11.2. The number of aromatic amines is 1. The van der Waals surface area contributed by atoms with E-state index in [9.17, 15) is 14.7 Å². The number of fused-ring (bicyclic) bond motifs is 1. The fraction of sp³-hybridized carbons (Fsp3) is 0.391. The Balaban J connectivity index is 1.32. The number of ketones is 1. The van der Waals surface area contributed by atoms with Gasteiger partial charge in [-0.25, -0.2) is 9.97 Å². The number of benzene rings is 1. The average Bonchev–Trinajstić information content (AvgIpc) is 3.22. The maximum atomic E-state index is 13.2. The molecule has 1 aromatic carbocycles. The summed E-state index contributed by atoms with van der Waals surface area (Å²) in [4.78, 5) is 39.2. The van der Waals surface area contributed by atoms with E-state index >= 15 is 0 Å². The lowest BCUT2D eigenvalue weighted by Crippen LogP contribution is -2.55. The maximum Gasteiger partial charge on any atom is 0.225 e. The molecule has 8 nitrogen and oxygen atoms in total. The van der Waals surface area contributed by atoms with Crippen LogP contribution in [0.15, 0.2) is 36.8 Å². The number of rotatable bonds is 5. The van der Waals surface area contributed by atoms with E-state index in [-0.39, 0.29) is 29.8 Å². The van der Waals surface area contributed by atoms with E-state index in [1.807, 2.05) is 0 Å². The highest BCUT2D eigenvalue weighted by molar-refractivity contribution is 6.35. The number of amides is 1. The second kappa shape index (κ2) is 8.52. The van der Waals surface area contributed by atoms with E-state index in [1.54, 1.807) is 35.4 Å². The molecule has 2 aliphatic rings. The molecule has 5 rings (SSSR count). The molecule has 0 radical (unpaired) electrons. The summed E-state index contributed by atoms with van der Waals surface area (Å²) in [5.74, 6) is 0.574. The van der Waals surface area contributed by atoms with Gasteiger partial charge in [0.1, 0.15) is 17.8 Å². The van der Waals surface area contributed by atoms with Crippen molar-refractivity contribution in [2.24, 2.45) is 5.92 Å². The molecule has 1 saturated heterocycles. The summed E-state index contributed by atoms with van der Waals surface area (Å²) >= 11 is 6.24. The number of likely N-dealkylation sites (tertiary alicyclic amines) is 1. The quantitative estimate of drug-likeness (QED) is 0.512. The van der Waals surface area contributed by atoms with Gasteiger partial charge in [-0.15, -0.1) is 0 Å². The van der Waals surface area contributed by atoms with Crippen molar-refractivity contribution < 1.29 is 14.7 Å². The zero-order valence-corrected chi connectivity index (χ0v) is 18.2. The van der Waals surface area contributed by atoms with Gasteiger partial charge in [0.05, 0.1) is 22.1 Å². The van der Waals surface area contributed by atoms with Gasteiger partial charge in [0.15, 0.2) is 5.78 Å². The molecule has 0 atom stereocenters. The van der Waals surface area contributed by atoms with E-state index in [2.05, 4.69) is 20.3 Å². The summed E-state index contributed by atoms with van der Waals surface area (Å²) in [6, 6.07) is 7.12. The van der Waals surface area contributed by atoms with E-state index in [0.717, 1.165) is 25.7 Å². The van der Waals surface area contributed by atoms with E-state index in [4.69, 9.17) is 11.6 Å². The van der Waals surface area contributed by atoms with Crippen LogP contribution in [-0.4, -0.2) is 61.9 Å². The summed E-state index contributed by atoms with van der Waals surface area (Å²) in [5.41, 5.74) is 1.48. The molecule has 0 unspecified atom stereocenters. The van der Waals surface area contributed by atoms with Crippen LogP contribution in [0.4, 0.5) is 5.82 Å². The molecule has 1 aliphatic heterocycles. The molecule has 3 heterocycles. The highest BCUT2D eigenvalue weighted by atomic mass is 35.5. The number of aliphatic hydroxyl groups is 1. The van der Waals surface area contributed by atoms with Crippen molar-refractivity contribution in [2.75, 3.05) is 18.4 Å². The minimum absolute atomic E-state index is 0.00980. The fourth-order valence-corrected chi connectivity index (χ4v) is 4.83. The van der Waals surface area contributed by atoms with Gasteiger partial charge < -0.3 is 20.3 Å². The number of halogens is 1. The van der Waals surface area contributed by atoms with E-state index in [1.165, 1.54) is 6.33 Å². The second-order valence-corrected chi connectivity index (χ2v) is 8.95. The van der Waals surface area contributed by atoms with Gasteiger partial charge in [0.25, 0.3) is 0 Å². The first kappa shape index (κ1) is 20.9. The van der Waals surface area contributed by atoms with Crippen LogP contribution in [-0.2, 0) is 4.79 Å². The maximum absolute atomic E-state index is 13.2. The van der Waals surface area contributed by atoms with Crippen LogP contribution in [0, 0.1) is 5.92 Å². The molecule has 0 bridgehead atoms. The van der Waals surface area contributed by atoms with E-state index in [0.29, 0.717) is 46.1 Å². The van der Waals surface area contributed by atoms with Gasteiger partial charge in [-0.2, -0.15) is 0 Å². The topological polar surface area (TPSA) is 111 Å². The van der Waals surface area contributed by atoms with Gasteiger partial charge in [-0.3, -0.25) is 9.59 Å². The van der Waals surface area contributed by atoms with Crippen molar-refractivity contribution in [1.82, 2.24) is 19.9 Å². The number of hydrogen-bond donors (Lipinski definition) is 3. The number of nitrogens with zero attached hydrogens (tertiary/aromatic N) is 3. The molecule has 3 aromatic rings. The first-order valence-electron chi connectivity index (χ1n) is 10.9. The minimum atomic E-state index is -0.374. The Labute approximate surface area is 190 Å². The van der Waals surface area contributed by atoms with Gasteiger partial charge in [0.2, 0.25) is 5.91 Å². The third kappa shape index (κ3) is 3.84. The number of aliphatic hydroxyl groups excluding tert-OH is 1. The predicted molar refractivity (Wildman–Crippen MR) is 121 cm³/mol.